The molecule has 0 saturated carbocycles. The highest BCUT2D eigenvalue weighted by atomic mass is 35.5. The molecular weight excluding hydrogens is 280 g/mol. The Morgan fingerprint density at radius 3 is 2.80 bits per heavy atom. The molecule has 0 aromatic heterocycles. The van der Waals surface area contributed by atoms with Crippen molar-refractivity contribution >= 4 is 23.3 Å². The van der Waals surface area contributed by atoms with Gasteiger partial charge in [-0.1, -0.05) is 23.7 Å². The molecule has 2 N–H and O–H groups in total. The third kappa shape index (κ3) is 3.37. The molecule has 0 amide bonds. The van der Waals surface area contributed by atoms with Crippen molar-refractivity contribution in [3.63, 3.8) is 0 Å². The van der Waals surface area contributed by atoms with E-state index in [2.05, 4.69) is 10.5 Å². The van der Waals surface area contributed by atoms with Crippen LogP contribution in [0.15, 0.2) is 41.0 Å². The molecule has 1 aromatic carbocycles. The lowest BCUT2D eigenvalue weighted by Crippen LogP contribution is -2.24. The smallest absolute Gasteiger partial charge is 0.356 e. The first-order chi connectivity index (χ1) is 9.63. The maximum absolute atomic E-state index is 11.8. The van der Waals surface area contributed by atoms with E-state index in [4.69, 9.17) is 21.5 Å². The van der Waals surface area contributed by atoms with E-state index in [1.165, 1.54) is 6.08 Å². The maximum Gasteiger partial charge on any atom is 0.356 e. The highest BCUT2D eigenvalue weighted by molar-refractivity contribution is 6.41. The van der Waals surface area contributed by atoms with Crippen molar-refractivity contribution in [2.75, 3.05) is 6.61 Å². The van der Waals surface area contributed by atoms with E-state index in [0.29, 0.717) is 17.1 Å². The Bertz CT molecular complexity index is 552. The number of carbonyl (C=O) groups excluding carboxylic acids is 1. The van der Waals surface area contributed by atoms with Gasteiger partial charge >= 0.3 is 5.97 Å². The minimum absolute atomic E-state index is 0.189. The van der Waals surface area contributed by atoms with Crippen LogP contribution in [0.3, 0.4) is 0 Å². The van der Waals surface area contributed by atoms with E-state index in [1.807, 2.05) is 12.1 Å². The normalized spacial score (nSPS) is 18.1. The number of nitrogens with one attached hydrogen (secondary N) is 1. The van der Waals surface area contributed by atoms with E-state index >= 15 is 0 Å². The monoisotopic (exact) mass is 294 g/mol. The van der Waals surface area contributed by atoms with Crippen LogP contribution < -0.4 is 5.48 Å². The number of hydrogen-bond donors (Lipinski definition) is 2. The second-order valence-corrected chi connectivity index (χ2v) is 4.72. The second kappa shape index (κ2) is 6.54. The van der Waals surface area contributed by atoms with E-state index in [1.54, 1.807) is 19.1 Å². The van der Waals surface area contributed by atoms with Crippen LogP contribution in [0, 0.1) is 0 Å². The molecule has 1 aliphatic heterocycles. The number of hydroxylamine groups is 1. The Kier molecular flexibility index (Phi) is 4.76. The van der Waals surface area contributed by atoms with Gasteiger partial charge in [0.05, 0.1) is 12.6 Å². The van der Waals surface area contributed by atoms with E-state index < -0.39 is 5.97 Å². The first kappa shape index (κ1) is 14.6. The lowest BCUT2D eigenvalue weighted by atomic mass is 9.99. The number of nitrogens with zero attached hydrogens (tertiary/aromatic N) is 1. The molecule has 106 valence electrons. The predicted octanol–water partition coefficient (Wildman–Crippen LogP) is 2.65. The first-order valence-electron chi connectivity index (χ1n) is 6.25. The number of benzene rings is 1. The van der Waals surface area contributed by atoms with Gasteiger partial charge in [-0.15, -0.1) is 0 Å². The van der Waals surface area contributed by atoms with Crippen LogP contribution in [-0.4, -0.2) is 23.5 Å². The maximum atomic E-state index is 11.8. The van der Waals surface area contributed by atoms with Crippen LogP contribution >= 0.6 is 11.6 Å². The van der Waals surface area contributed by atoms with Crippen LogP contribution in [0.4, 0.5) is 0 Å². The summed E-state index contributed by atoms with van der Waals surface area (Å²) in [6, 6.07) is 6.96. The molecule has 1 aromatic rings. The van der Waals surface area contributed by atoms with Crippen LogP contribution in [0.5, 0.6) is 0 Å². The number of hydrogen-bond acceptors (Lipinski definition) is 5. The highest BCUT2D eigenvalue weighted by Crippen LogP contribution is 2.28. The molecule has 0 spiro atoms. The Labute approximate surface area is 121 Å². The molecular formula is C14H15ClN2O3. The molecule has 1 aliphatic rings. The molecule has 0 saturated heterocycles. The molecule has 6 heteroatoms. The second-order valence-electron chi connectivity index (χ2n) is 4.29. The summed E-state index contributed by atoms with van der Waals surface area (Å²) in [5.74, 6) is -0.501. The van der Waals surface area contributed by atoms with Gasteiger partial charge < -0.3 is 4.74 Å². The van der Waals surface area contributed by atoms with E-state index in [-0.39, 0.29) is 18.4 Å². The summed E-state index contributed by atoms with van der Waals surface area (Å²) in [5, 5.41) is 9.72. The van der Waals surface area contributed by atoms with Gasteiger partial charge in [0.2, 0.25) is 0 Å². The van der Waals surface area contributed by atoms with Crippen molar-refractivity contribution < 1.29 is 14.7 Å². The van der Waals surface area contributed by atoms with E-state index in [9.17, 15) is 4.79 Å². The van der Waals surface area contributed by atoms with Crippen molar-refractivity contribution in [3.8, 4) is 0 Å². The number of ether oxygens (including phenoxy) is 1. The number of esters is 1. The average Bonchev–Trinajstić information content (AvgIpc) is 2.47. The number of carbonyl (C=O) groups is 1. The Morgan fingerprint density at radius 2 is 2.20 bits per heavy atom. The van der Waals surface area contributed by atoms with Crippen LogP contribution in [0.1, 0.15) is 24.9 Å². The topological polar surface area (TPSA) is 70.9 Å². The molecule has 1 atom stereocenters. The standard InChI is InChI=1S/C14H15ClN2O3/c1-2-20-14(18)13-8-11(17-19)7-12(16-13)9-3-5-10(15)6-4-9/h3-6,8,12,17,19H,2,7H2,1H3. The van der Waals surface area contributed by atoms with Crippen molar-refractivity contribution in [1.29, 1.82) is 0 Å². The quantitative estimate of drug-likeness (QED) is 0.661. The van der Waals surface area contributed by atoms with Gasteiger partial charge in [0.15, 0.2) is 0 Å². The highest BCUT2D eigenvalue weighted by Gasteiger charge is 2.22. The minimum Gasteiger partial charge on any atom is -0.461 e. The number of dihydropyridines is 1. The molecule has 5 nitrogen and oxygen atoms in total. The molecule has 20 heavy (non-hydrogen) atoms. The van der Waals surface area contributed by atoms with Crippen molar-refractivity contribution in [1.82, 2.24) is 5.48 Å². The van der Waals surface area contributed by atoms with Gasteiger partial charge in [0.1, 0.15) is 5.71 Å². The summed E-state index contributed by atoms with van der Waals surface area (Å²) >= 11 is 5.85. The third-order valence-corrected chi connectivity index (χ3v) is 3.15. The molecule has 0 fully saturated rings. The Morgan fingerprint density at radius 1 is 1.50 bits per heavy atom. The van der Waals surface area contributed by atoms with Gasteiger partial charge in [-0.3, -0.25) is 15.7 Å². The molecule has 1 unspecified atom stereocenters. The summed E-state index contributed by atoms with van der Waals surface area (Å²) in [6.07, 6.45) is 1.96. The Balaban J connectivity index is 2.28. The predicted molar refractivity (Wildman–Crippen MR) is 75.9 cm³/mol. The average molecular weight is 295 g/mol. The van der Waals surface area contributed by atoms with E-state index in [0.717, 1.165) is 5.56 Å². The summed E-state index contributed by atoms with van der Waals surface area (Å²) in [7, 11) is 0. The van der Waals surface area contributed by atoms with Gasteiger partial charge in [-0.25, -0.2) is 4.79 Å². The first-order valence-corrected chi connectivity index (χ1v) is 6.63. The molecule has 0 aliphatic carbocycles. The fourth-order valence-electron chi connectivity index (χ4n) is 1.95. The summed E-state index contributed by atoms with van der Waals surface area (Å²) < 4.78 is 4.93. The number of aliphatic imine (C=N–C) groups is 1. The lowest BCUT2D eigenvalue weighted by Gasteiger charge is -2.20. The third-order valence-electron chi connectivity index (χ3n) is 2.90. The summed E-state index contributed by atoms with van der Waals surface area (Å²) in [4.78, 5) is 16.1. The zero-order valence-corrected chi connectivity index (χ0v) is 11.7. The zero-order chi connectivity index (χ0) is 14.5. The van der Waals surface area contributed by atoms with Crippen molar-refractivity contribution in [3.05, 3.63) is 46.6 Å². The van der Waals surface area contributed by atoms with Gasteiger partial charge in [-0.05, 0) is 30.7 Å². The fourth-order valence-corrected chi connectivity index (χ4v) is 2.08. The molecule has 1 heterocycles. The fraction of sp³-hybridized carbons (Fsp3) is 0.286. The molecule has 0 radical (unpaired) electrons. The molecule has 2 rings (SSSR count). The largest absolute Gasteiger partial charge is 0.461 e. The number of halogens is 1. The van der Waals surface area contributed by atoms with Gasteiger partial charge in [0, 0.05) is 17.1 Å². The molecule has 0 bridgehead atoms. The van der Waals surface area contributed by atoms with Crippen molar-refractivity contribution in [2.24, 2.45) is 4.99 Å². The van der Waals surface area contributed by atoms with Crippen molar-refractivity contribution in [2.45, 2.75) is 19.4 Å². The minimum atomic E-state index is -0.501. The van der Waals surface area contributed by atoms with Gasteiger partial charge in [0.25, 0.3) is 0 Å². The Hall–Kier alpha value is -1.85. The lowest BCUT2D eigenvalue weighted by molar-refractivity contribution is -0.134. The van der Waals surface area contributed by atoms with Crippen LogP contribution in [-0.2, 0) is 9.53 Å². The zero-order valence-electron chi connectivity index (χ0n) is 11.0. The van der Waals surface area contributed by atoms with Gasteiger partial charge in [-0.2, -0.15) is 0 Å². The van der Waals surface area contributed by atoms with Crippen LogP contribution in [0.2, 0.25) is 5.02 Å². The SMILES string of the molecule is CCOC(=O)C1=NC(c2ccc(Cl)cc2)CC(NO)=C1. The summed E-state index contributed by atoms with van der Waals surface area (Å²) in [5.41, 5.74) is 3.71. The number of rotatable bonds is 4. The van der Waals surface area contributed by atoms with Crippen LogP contribution in [0.25, 0.3) is 0 Å². The summed E-state index contributed by atoms with van der Waals surface area (Å²) in [6.45, 7) is 2.01.